The molecule has 15 heteroatoms. The highest BCUT2D eigenvalue weighted by atomic mass is 32.2. The number of hydrogen-bond donors (Lipinski definition) is 3. The van der Waals surface area contributed by atoms with Gasteiger partial charge in [-0.1, -0.05) is 265 Å². The van der Waals surface area contributed by atoms with Crippen LogP contribution in [0.1, 0.15) is 93.8 Å². The number of carbonyl (C=O) groups is 2. The van der Waals surface area contributed by atoms with Crippen molar-refractivity contribution < 1.29 is 19.4 Å². The van der Waals surface area contributed by atoms with E-state index < -0.39 is 11.5 Å². The van der Waals surface area contributed by atoms with Crippen molar-refractivity contribution in [1.82, 2.24) is 10.6 Å². The van der Waals surface area contributed by atoms with Crippen LogP contribution in [0, 0.1) is 22.7 Å². The lowest BCUT2D eigenvalue weighted by Gasteiger charge is -2.36. The number of ether oxygens (including phenoxy) is 1. The number of esters is 1. The van der Waals surface area contributed by atoms with Gasteiger partial charge in [0.05, 0.1) is 31.1 Å². The quantitative estimate of drug-likeness (QED) is 0.114. The van der Waals surface area contributed by atoms with Crippen LogP contribution in [-0.2, 0) is 30.6 Å². The maximum Gasteiger partial charge on any atom is 0.308 e. The zero-order valence-electron chi connectivity index (χ0n) is 57.2. The van der Waals surface area contributed by atoms with Crippen LogP contribution in [0.25, 0.3) is 20.2 Å². The third kappa shape index (κ3) is 14.0. The summed E-state index contributed by atoms with van der Waals surface area (Å²) in [6.45, 7) is 4.99. The van der Waals surface area contributed by atoms with Crippen molar-refractivity contribution in [3.05, 3.63) is 357 Å². The predicted octanol–water partition coefficient (Wildman–Crippen LogP) is 20.8. The summed E-state index contributed by atoms with van der Waals surface area (Å²) < 4.78 is 7.22. The summed E-state index contributed by atoms with van der Waals surface area (Å²) in [5.74, 6) is -0.314. The first kappa shape index (κ1) is 70.8. The molecule has 9 nitrogen and oxygen atoms in total. The molecule has 13 aromatic rings. The van der Waals surface area contributed by atoms with E-state index in [2.05, 4.69) is 144 Å². The fourth-order valence-electron chi connectivity index (χ4n) is 15.1. The maximum atomic E-state index is 12.1. The van der Waals surface area contributed by atoms with Gasteiger partial charge in [0.25, 0.3) is 0 Å². The molecule has 2 spiro atoms. The number of benzene rings is 12. The smallest absolute Gasteiger partial charge is 0.308 e. The normalized spacial score (nSPS) is 15.5. The van der Waals surface area contributed by atoms with E-state index >= 15 is 0 Å². The fourth-order valence-corrected chi connectivity index (χ4v) is 22.2. The second-order valence-corrected chi connectivity index (χ2v) is 32.6. The zero-order valence-corrected chi connectivity index (χ0v) is 62.1. The van der Waals surface area contributed by atoms with Crippen molar-refractivity contribution in [2.24, 2.45) is 0 Å². The molecule has 12 aromatic carbocycles. The molecule has 1 amide bonds. The summed E-state index contributed by atoms with van der Waals surface area (Å²) in [5.41, 5.74) is 10.9. The van der Waals surface area contributed by atoms with Gasteiger partial charge < -0.3 is 20.5 Å². The van der Waals surface area contributed by atoms with E-state index in [0.29, 0.717) is 19.6 Å². The minimum Gasteiger partial charge on any atom is -0.466 e. The molecule has 2 fully saturated rings. The zero-order chi connectivity index (χ0) is 71.9. The number of aliphatic hydroxyl groups excluding tert-OH is 1. The number of nitriles is 2. The summed E-state index contributed by atoms with van der Waals surface area (Å²) in [5, 5.41) is 37.7. The Labute approximate surface area is 636 Å². The van der Waals surface area contributed by atoms with Gasteiger partial charge in [-0.2, -0.15) is 10.5 Å². The number of rotatable bonds is 3. The minimum absolute atomic E-state index is 0.0337. The summed E-state index contributed by atoms with van der Waals surface area (Å²) in [6.07, 6.45) is 1.33. The fraction of sp³-hybridized carbons (Fsp3) is 0.144. The molecule has 2 saturated heterocycles. The van der Waals surface area contributed by atoms with Crippen LogP contribution in [0.2, 0.25) is 0 Å². The van der Waals surface area contributed by atoms with E-state index in [4.69, 9.17) is 4.74 Å². The van der Waals surface area contributed by atoms with Crippen molar-refractivity contribution in [3.63, 3.8) is 0 Å². The molecule has 8 heterocycles. The molecule has 7 aliphatic rings. The number of fused-ring (bicyclic) bond motifs is 16. The van der Waals surface area contributed by atoms with E-state index in [-0.39, 0.29) is 40.5 Å². The monoisotopic (exact) mass is 1480 g/mol. The summed E-state index contributed by atoms with van der Waals surface area (Å²) in [4.78, 5) is 48.2. The standard InChI is InChI=1S/C18H15NO2S.C16H13NOS.C16H15NS.C14H9NS.C13H10OS.C13H8OS/c1-2-21-17(20)11-18(12-19)13-7-3-5-9-15(13)22-16-10-6-4-8-14(16)18;18-15-9-16(10-17-15)11-5-1-3-7-13(11)19-14-8-4-2-6-12(14)16;1-3-7-14-12(5-1)16(9-10-17-11-16)13-6-2-4-8-15(13)18-14;15-9-12-10-5-1-3-7-13(10)16-14-8-4-2-6-11(12)14;2*14-13-9-5-1-3-7-11(9)15-12-8-4-2-6-10(12)13/h3-10H,2,11H2,1H3;1-8H,9-10H2,(H,17,18);1-8,17H,9-11H2;1-8,12H;1-8,13-14H;1-8H. The van der Waals surface area contributed by atoms with Crippen LogP contribution in [-0.4, -0.2) is 43.2 Å². The van der Waals surface area contributed by atoms with Crippen molar-refractivity contribution in [3.8, 4) is 12.1 Å². The lowest BCUT2D eigenvalue weighted by molar-refractivity contribution is -0.143. The van der Waals surface area contributed by atoms with Gasteiger partial charge in [0.2, 0.25) is 5.91 Å². The number of hydrogen-bond acceptors (Lipinski definition) is 14. The molecule has 0 atom stereocenters. The SMILES string of the molecule is CCOC(=O)CC1(C#N)c2ccccc2Sc2ccccc21.N#CC1c2ccccc2Sc2ccccc21.O=C1CC2(CN1)c1ccccc1Sc1ccccc12.O=c1c2ccccc2sc2ccccc12.OC1c2ccccc2Sc2ccccc21.c1ccc2c(c1)Sc1ccccc1C21CCNC1. The van der Waals surface area contributed by atoms with E-state index in [1.54, 1.807) is 65.3 Å². The molecule has 516 valence electrons. The second kappa shape index (κ2) is 31.4. The van der Waals surface area contributed by atoms with Gasteiger partial charge in [0.1, 0.15) is 11.5 Å². The molecule has 0 radical (unpaired) electrons. The molecular formula is C90H70N4O5S6. The van der Waals surface area contributed by atoms with Gasteiger partial charge >= 0.3 is 5.97 Å². The first-order valence-corrected chi connectivity index (χ1v) is 39.8. The average molecular weight is 1480 g/mol. The Morgan fingerprint density at radius 1 is 0.448 bits per heavy atom. The molecule has 1 aromatic heterocycles. The van der Waals surface area contributed by atoms with Gasteiger partial charge in [0, 0.05) is 99.5 Å². The van der Waals surface area contributed by atoms with Crippen LogP contribution in [0.5, 0.6) is 0 Å². The maximum absolute atomic E-state index is 12.1. The number of carbonyl (C=O) groups excluding carboxylic acids is 2. The van der Waals surface area contributed by atoms with Gasteiger partial charge in [-0.25, -0.2) is 0 Å². The van der Waals surface area contributed by atoms with Gasteiger partial charge in [-0.15, -0.1) is 11.3 Å². The molecule has 105 heavy (non-hydrogen) atoms. The Morgan fingerprint density at radius 2 is 0.790 bits per heavy atom. The van der Waals surface area contributed by atoms with Gasteiger partial charge in [-0.3, -0.25) is 14.4 Å². The van der Waals surface area contributed by atoms with Gasteiger partial charge in [-0.05, 0) is 160 Å². The van der Waals surface area contributed by atoms with Crippen molar-refractivity contribution in [2.45, 2.75) is 103 Å². The number of amides is 1. The van der Waals surface area contributed by atoms with Crippen LogP contribution in [0.4, 0.5) is 0 Å². The van der Waals surface area contributed by atoms with Crippen molar-refractivity contribution in [2.75, 3.05) is 26.2 Å². The van der Waals surface area contributed by atoms with E-state index in [1.807, 2.05) is 182 Å². The van der Waals surface area contributed by atoms with Crippen LogP contribution in [0.3, 0.4) is 0 Å². The molecule has 0 unspecified atom stereocenters. The highest BCUT2D eigenvalue weighted by Gasteiger charge is 2.47. The van der Waals surface area contributed by atoms with Crippen molar-refractivity contribution in [1.29, 1.82) is 10.5 Å². The Kier molecular flexibility index (Phi) is 21.2. The third-order valence-electron chi connectivity index (χ3n) is 20.0. The first-order valence-electron chi connectivity index (χ1n) is 34.9. The minimum atomic E-state index is -0.981. The topological polar surface area (TPSA) is 152 Å². The Morgan fingerprint density at radius 3 is 1.17 bits per heavy atom. The van der Waals surface area contributed by atoms with E-state index in [9.17, 15) is 30.0 Å². The molecule has 3 N–H and O–H groups in total. The summed E-state index contributed by atoms with van der Waals surface area (Å²) in [6, 6.07) is 103. The number of nitrogens with zero attached hydrogens (tertiary/aromatic N) is 2. The lowest BCUT2D eigenvalue weighted by atomic mass is 9.73. The lowest BCUT2D eigenvalue weighted by Crippen LogP contribution is -2.33. The van der Waals surface area contributed by atoms with Crippen LogP contribution >= 0.6 is 70.1 Å². The molecular weight excluding hydrogens is 1410 g/mol. The summed E-state index contributed by atoms with van der Waals surface area (Å²) >= 11 is 10.5. The summed E-state index contributed by atoms with van der Waals surface area (Å²) in [7, 11) is 0. The Hall–Kier alpha value is -9.88. The Balaban J connectivity index is 0.000000102. The van der Waals surface area contributed by atoms with E-state index in [0.717, 1.165) is 86.2 Å². The number of aliphatic hydroxyl groups is 1. The van der Waals surface area contributed by atoms with Gasteiger partial charge in [0.15, 0.2) is 5.43 Å². The Bertz CT molecular complexity index is 5320. The largest absolute Gasteiger partial charge is 0.466 e. The van der Waals surface area contributed by atoms with Crippen molar-refractivity contribution >= 4 is 102 Å². The first-order chi connectivity index (χ1) is 51.5. The highest BCUT2D eigenvalue weighted by molar-refractivity contribution is 8.00. The van der Waals surface area contributed by atoms with E-state index in [1.165, 1.54) is 58.0 Å². The second-order valence-electron chi connectivity index (χ2n) is 26.1. The molecule has 0 bridgehead atoms. The van der Waals surface area contributed by atoms with Crippen LogP contribution in [0.15, 0.2) is 345 Å². The van der Waals surface area contributed by atoms with Crippen LogP contribution < -0.4 is 16.1 Å². The third-order valence-corrected chi connectivity index (χ3v) is 27.0. The number of nitrogens with one attached hydrogen (secondary N) is 2. The molecule has 20 rings (SSSR count). The highest BCUT2D eigenvalue weighted by Crippen LogP contribution is 2.55. The average Bonchev–Trinajstić information content (AvgIpc) is 1.74. The predicted molar refractivity (Wildman–Crippen MR) is 426 cm³/mol. The molecule has 7 aliphatic heterocycles. The molecule has 0 aliphatic carbocycles. The molecule has 0 saturated carbocycles.